The third-order valence-corrected chi connectivity index (χ3v) is 5.84. The van der Waals surface area contributed by atoms with E-state index in [1.807, 2.05) is 47.0 Å². The van der Waals surface area contributed by atoms with Crippen LogP contribution in [0.25, 0.3) is 11.4 Å². The largest absolute Gasteiger partial charge is 0.337 e. The molecule has 1 aliphatic heterocycles. The Hall–Kier alpha value is -2.96. The lowest BCUT2D eigenvalue weighted by Gasteiger charge is -2.22. The Morgan fingerprint density at radius 3 is 2.82 bits per heavy atom. The number of carbonyl (C=O) groups excluding carboxylic acids is 1. The van der Waals surface area contributed by atoms with E-state index in [1.165, 1.54) is 5.69 Å². The van der Waals surface area contributed by atoms with Crippen LogP contribution in [-0.2, 0) is 19.9 Å². The topological polar surface area (TPSA) is 77.1 Å². The number of nitrogens with zero attached hydrogens (tertiary/aromatic N) is 5. The van der Waals surface area contributed by atoms with Crippen molar-refractivity contribution in [3.8, 4) is 11.4 Å². The molecule has 0 unspecified atom stereocenters. The highest BCUT2D eigenvalue weighted by Crippen LogP contribution is 2.34. The van der Waals surface area contributed by atoms with Gasteiger partial charge < -0.3 is 9.42 Å². The molecule has 0 N–H and O–H groups in total. The number of benzene rings is 1. The minimum absolute atomic E-state index is 0.0132. The van der Waals surface area contributed by atoms with Crippen LogP contribution in [0.15, 0.2) is 34.9 Å². The molecule has 0 saturated carbocycles. The van der Waals surface area contributed by atoms with Gasteiger partial charge in [0.1, 0.15) is 6.04 Å². The molecule has 1 saturated heterocycles. The van der Waals surface area contributed by atoms with Gasteiger partial charge >= 0.3 is 0 Å². The summed E-state index contributed by atoms with van der Waals surface area (Å²) in [5.74, 6) is 1.06. The van der Waals surface area contributed by atoms with E-state index in [9.17, 15) is 4.79 Å². The summed E-state index contributed by atoms with van der Waals surface area (Å²) >= 11 is 0. The maximum absolute atomic E-state index is 13.4. The Balaban J connectivity index is 1.43. The number of hydrogen-bond acceptors (Lipinski definition) is 5. The second-order valence-electron chi connectivity index (χ2n) is 7.58. The molecule has 7 heteroatoms. The maximum Gasteiger partial charge on any atom is 0.275 e. The summed E-state index contributed by atoms with van der Waals surface area (Å²) in [6.45, 7) is 0.692. The molecule has 28 heavy (non-hydrogen) atoms. The Kier molecular flexibility index (Phi) is 4.22. The van der Waals surface area contributed by atoms with Crippen LogP contribution in [-0.4, -0.2) is 37.3 Å². The lowest BCUT2D eigenvalue weighted by Crippen LogP contribution is -2.32. The van der Waals surface area contributed by atoms with Gasteiger partial charge in [0.15, 0.2) is 5.69 Å². The van der Waals surface area contributed by atoms with Crippen molar-refractivity contribution >= 4 is 5.91 Å². The predicted molar refractivity (Wildman–Crippen MR) is 103 cm³/mol. The Bertz CT molecular complexity index is 1010. The third-order valence-electron chi connectivity index (χ3n) is 5.84. The van der Waals surface area contributed by atoms with Gasteiger partial charge in [0.05, 0.1) is 0 Å². The highest BCUT2D eigenvalue weighted by molar-refractivity contribution is 5.94. The summed E-state index contributed by atoms with van der Waals surface area (Å²) in [6, 6.07) is 9.56. The molecule has 3 heterocycles. The predicted octanol–water partition coefficient (Wildman–Crippen LogP) is 3.33. The van der Waals surface area contributed by atoms with Gasteiger partial charge in [-0.3, -0.25) is 9.48 Å². The molecule has 144 valence electrons. The fourth-order valence-corrected chi connectivity index (χ4v) is 4.42. The van der Waals surface area contributed by atoms with Gasteiger partial charge in [-0.15, -0.1) is 0 Å². The van der Waals surface area contributed by atoms with E-state index in [1.54, 1.807) is 0 Å². The number of amides is 1. The van der Waals surface area contributed by atoms with E-state index < -0.39 is 0 Å². The van der Waals surface area contributed by atoms with Gasteiger partial charge in [0, 0.05) is 30.4 Å². The van der Waals surface area contributed by atoms with Crippen LogP contribution in [0.5, 0.6) is 0 Å². The SMILES string of the molecule is Cn1nc(C(=O)N2CCC[C@H]2c2nc(-c3ccccc3)no2)c2c1CCCC2. The average molecular weight is 377 g/mol. The Labute approximate surface area is 163 Å². The van der Waals surface area contributed by atoms with Crippen molar-refractivity contribution in [1.29, 1.82) is 0 Å². The molecule has 7 nitrogen and oxygen atoms in total. The van der Waals surface area contributed by atoms with Crippen molar-refractivity contribution < 1.29 is 9.32 Å². The average Bonchev–Trinajstić information content (AvgIpc) is 3.47. The summed E-state index contributed by atoms with van der Waals surface area (Å²) < 4.78 is 7.44. The minimum atomic E-state index is -0.182. The van der Waals surface area contributed by atoms with E-state index in [4.69, 9.17) is 4.52 Å². The molecule has 3 aromatic rings. The zero-order valence-corrected chi connectivity index (χ0v) is 16.0. The number of likely N-dealkylation sites (tertiary alicyclic amines) is 1. The summed E-state index contributed by atoms with van der Waals surface area (Å²) in [5.41, 5.74) is 3.84. The van der Waals surface area contributed by atoms with Gasteiger partial charge in [-0.1, -0.05) is 35.5 Å². The summed E-state index contributed by atoms with van der Waals surface area (Å²) in [7, 11) is 1.94. The first-order valence-electron chi connectivity index (χ1n) is 9.97. The Morgan fingerprint density at radius 2 is 1.96 bits per heavy atom. The Morgan fingerprint density at radius 1 is 1.14 bits per heavy atom. The smallest absolute Gasteiger partial charge is 0.275 e. The van der Waals surface area contributed by atoms with Crippen LogP contribution < -0.4 is 0 Å². The van der Waals surface area contributed by atoms with Gasteiger partial charge in [-0.25, -0.2) is 0 Å². The maximum atomic E-state index is 13.4. The van der Waals surface area contributed by atoms with Gasteiger partial charge in [-0.2, -0.15) is 10.1 Å². The molecule has 1 fully saturated rings. The molecule has 0 spiro atoms. The van der Waals surface area contributed by atoms with Gasteiger partial charge in [0.2, 0.25) is 11.7 Å². The van der Waals surface area contributed by atoms with E-state index in [0.29, 0.717) is 24.0 Å². The number of fused-ring (bicyclic) bond motifs is 1. The number of carbonyl (C=O) groups is 1. The molecule has 1 aliphatic carbocycles. The molecular formula is C21H23N5O2. The second kappa shape index (κ2) is 6.89. The number of hydrogen-bond donors (Lipinski definition) is 0. The van der Waals surface area contributed by atoms with Crippen LogP contribution in [0.2, 0.25) is 0 Å². The van der Waals surface area contributed by atoms with Crippen molar-refractivity contribution in [3.63, 3.8) is 0 Å². The molecule has 1 aromatic carbocycles. The highest BCUT2D eigenvalue weighted by Gasteiger charge is 2.37. The summed E-state index contributed by atoms with van der Waals surface area (Å²) in [6.07, 6.45) is 5.97. The first kappa shape index (κ1) is 17.2. The second-order valence-corrected chi connectivity index (χ2v) is 7.58. The van der Waals surface area contributed by atoms with Crippen LogP contribution >= 0.6 is 0 Å². The molecule has 2 aromatic heterocycles. The van der Waals surface area contributed by atoms with Crippen molar-refractivity contribution in [2.75, 3.05) is 6.54 Å². The van der Waals surface area contributed by atoms with Crippen LogP contribution in [0.1, 0.15) is 59.4 Å². The number of aryl methyl sites for hydroxylation is 1. The van der Waals surface area contributed by atoms with E-state index in [-0.39, 0.29) is 11.9 Å². The standard InChI is InChI=1S/C21H23N5O2/c1-25-16-11-6-5-10-15(16)18(23-25)21(27)26-13-7-12-17(26)20-22-19(24-28-20)14-8-3-2-4-9-14/h2-4,8-9,17H,5-7,10-13H2,1H3/t17-/m0/s1. The van der Waals surface area contributed by atoms with Gasteiger partial charge in [-0.05, 0) is 38.5 Å². The van der Waals surface area contributed by atoms with E-state index in [2.05, 4.69) is 15.2 Å². The zero-order chi connectivity index (χ0) is 19.1. The van der Waals surface area contributed by atoms with Crippen LogP contribution in [0.4, 0.5) is 0 Å². The summed E-state index contributed by atoms with van der Waals surface area (Å²) in [5, 5.41) is 8.70. The van der Waals surface area contributed by atoms with Crippen molar-refractivity contribution in [1.82, 2.24) is 24.8 Å². The normalized spacial score (nSPS) is 19.0. The molecule has 0 radical (unpaired) electrons. The molecule has 2 aliphatic rings. The monoisotopic (exact) mass is 377 g/mol. The molecule has 1 atom stereocenters. The van der Waals surface area contributed by atoms with E-state index >= 15 is 0 Å². The number of rotatable bonds is 3. The fourth-order valence-electron chi connectivity index (χ4n) is 4.42. The third kappa shape index (κ3) is 2.82. The molecule has 1 amide bonds. The van der Waals surface area contributed by atoms with Crippen molar-refractivity contribution in [2.24, 2.45) is 7.05 Å². The van der Waals surface area contributed by atoms with Crippen LogP contribution in [0.3, 0.4) is 0 Å². The lowest BCUT2D eigenvalue weighted by molar-refractivity contribution is 0.0702. The first-order valence-corrected chi connectivity index (χ1v) is 9.97. The van der Waals surface area contributed by atoms with Crippen molar-refractivity contribution in [3.05, 3.63) is 53.2 Å². The zero-order valence-electron chi connectivity index (χ0n) is 16.0. The minimum Gasteiger partial charge on any atom is -0.337 e. The van der Waals surface area contributed by atoms with E-state index in [0.717, 1.165) is 49.7 Å². The first-order chi connectivity index (χ1) is 13.7. The highest BCUT2D eigenvalue weighted by atomic mass is 16.5. The molecule has 5 rings (SSSR count). The van der Waals surface area contributed by atoms with Crippen molar-refractivity contribution in [2.45, 2.75) is 44.6 Å². The van der Waals surface area contributed by atoms with Gasteiger partial charge in [0.25, 0.3) is 5.91 Å². The summed E-state index contributed by atoms with van der Waals surface area (Å²) in [4.78, 5) is 19.8. The number of aromatic nitrogens is 4. The lowest BCUT2D eigenvalue weighted by atomic mass is 9.95. The quantitative estimate of drug-likeness (QED) is 0.700. The molecule has 0 bridgehead atoms. The fraction of sp³-hybridized carbons (Fsp3) is 0.429. The molecular weight excluding hydrogens is 354 g/mol. The van der Waals surface area contributed by atoms with Crippen LogP contribution in [0, 0.1) is 0 Å².